The molecule has 0 aliphatic heterocycles. The fraction of sp³-hybridized carbons (Fsp3) is 0.250. The molecule has 70 valence electrons. The molecule has 0 aliphatic rings. The van der Waals surface area contributed by atoms with Crippen molar-refractivity contribution in [2.24, 2.45) is 0 Å². The van der Waals surface area contributed by atoms with Crippen molar-refractivity contribution >= 4 is 26.3 Å². The van der Waals surface area contributed by atoms with Gasteiger partial charge in [0, 0.05) is 17.7 Å². The van der Waals surface area contributed by atoms with E-state index in [1.54, 1.807) is 12.4 Å². The fourth-order valence-corrected chi connectivity index (χ4v) is 1.30. The Labute approximate surface area is 78.9 Å². The maximum atomic E-state index is 10.9. The molecule has 0 spiro atoms. The van der Waals surface area contributed by atoms with Crippen molar-refractivity contribution in [3.05, 3.63) is 18.0 Å². The summed E-state index contributed by atoms with van der Waals surface area (Å²) in [5, 5.41) is 3.44. The number of nitrogens with one attached hydrogen (secondary N) is 1. The van der Waals surface area contributed by atoms with Gasteiger partial charge in [0.2, 0.25) is 0 Å². The second-order valence-electron chi connectivity index (χ2n) is 2.54. The molecule has 1 heterocycles. The second-order valence-corrected chi connectivity index (χ2v) is 3.16. The molecule has 5 heteroatoms. The smallest absolute Gasteiger partial charge is 0.411 e. The van der Waals surface area contributed by atoms with Crippen molar-refractivity contribution in [3.8, 4) is 0 Å². The molecule has 0 saturated heterocycles. The van der Waals surface area contributed by atoms with E-state index in [-0.39, 0.29) is 0 Å². The van der Waals surface area contributed by atoms with Crippen LogP contribution in [0.5, 0.6) is 0 Å². The largest absolute Gasteiger partial charge is 0.453 e. The van der Waals surface area contributed by atoms with E-state index >= 15 is 0 Å². The lowest BCUT2D eigenvalue weighted by atomic mass is 10.2. The van der Waals surface area contributed by atoms with Crippen molar-refractivity contribution in [1.29, 1.82) is 0 Å². The van der Waals surface area contributed by atoms with Crippen LogP contribution >= 0.6 is 9.24 Å². The van der Waals surface area contributed by atoms with Crippen LogP contribution in [-0.4, -0.2) is 18.2 Å². The minimum absolute atomic E-state index is 0.474. The Hall–Kier alpha value is -1.15. The Morgan fingerprint density at radius 2 is 2.31 bits per heavy atom. The topological polar surface area (TPSA) is 51.2 Å². The van der Waals surface area contributed by atoms with Gasteiger partial charge >= 0.3 is 6.09 Å². The third-order valence-electron chi connectivity index (χ3n) is 1.58. The van der Waals surface area contributed by atoms with Gasteiger partial charge in [0.25, 0.3) is 0 Å². The van der Waals surface area contributed by atoms with E-state index in [1.165, 1.54) is 7.11 Å². The summed E-state index contributed by atoms with van der Waals surface area (Å²) in [5.41, 5.74) is 1.63. The van der Waals surface area contributed by atoms with Crippen molar-refractivity contribution in [2.45, 2.75) is 6.92 Å². The SMILES string of the molecule is COC(=O)Nc1c(C)cncc1P. The summed E-state index contributed by atoms with van der Waals surface area (Å²) in [4.78, 5) is 14.9. The molecule has 1 unspecified atom stereocenters. The number of nitrogens with zero attached hydrogens (tertiary/aromatic N) is 1. The molecule has 4 nitrogen and oxygen atoms in total. The molecular formula is C8H11N2O2P. The van der Waals surface area contributed by atoms with Gasteiger partial charge in [-0.25, -0.2) is 4.79 Å². The molecule has 13 heavy (non-hydrogen) atoms. The number of aryl methyl sites for hydroxylation is 1. The van der Waals surface area contributed by atoms with E-state index in [2.05, 4.69) is 24.3 Å². The molecule has 1 N–H and O–H groups in total. The number of carbonyl (C=O) groups excluding carboxylic acids is 1. The monoisotopic (exact) mass is 198 g/mol. The highest BCUT2D eigenvalue weighted by molar-refractivity contribution is 7.28. The van der Waals surface area contributed by atoms with Gasteiger partial charge in [0.05, 0.1) is 12.8 Å². The highest BCUT2D eigenvalue weighted by atomic mass is 31.0. The van der Waals surface area contributed by atoms with Crippen LogP contribution in [0.15, 0.2) is 12.4 Å². The zero-order valence-electron chi connectivity index (χ0n) is 7.50. The van der Waals surface area contributed by atoms with E-state index < -0.39 is 6.09 Å². The van der Waals surface area contributed by atoms with Gasteiger partial charge in [0.1, 0.15) is 0 Å². The summed E-state index contributed by atoms with van der Waals surface area (Å²) in [5.74, 6) is 0. The summed E-state index contributed by atoms with van der Waals surface area (Å²) in [7, 11) is 3.83. The Kier molecular flexibility index (Phi) is 3.20. The van der Waals surface area contributed by atoms with Gasteiger partial charge in [-0.1, -0.05) is 0 Å². The first-order chi connectivity index (χ1) is 6.15. The Bertz CT molecular complexity index is 308. The molecular weight excluding hydrogens is 187 g/mol. The maximum Gasteiger partial charge on any atom is 0.411 e. The standard InChI is InChI=1S/C8H11N2O2P/c1-5-3-9-4-6(13)7(5)10-8(11)12-2/h3-4H,13H2,1-2H3,(H,9,10,11). The summed E-state index contributed by atoms with van der Waals surface area (Å²) in [6, 6.07) is 0. The number of pyridine rings is 1. The van der Waals surface area contributed by atoms with Crippen LogP contribution in [0, 0.1) is 6.92 Å². The van der Waals surface area contributed by atoms with Gasteiger partial charge in [0.15, 0.2) is 0 Å². The minimum Gasteiger partial charge on any atom is -0.453 e. The molecule has 1 amide bonds. The minimum atomic E-state index is -0.474. The molecule has 0 saturated carbocycles. The number of ether oxygens (including phenoxy) is 1. The van der Waals surface area contributed by atoms with Gasteiger partial charge < -0.3 is 4.74 Å². The zero-order valence-corrected chi connectivity index (χ0v) is 8.65. The van der Waals surface area contributed by atoms with E-state index in [0.29, 0.717) is 0 Å². The third-order valence-corrected chi connectivity index (χ3v) is 2.02. The van der Waals surface area contributed by atoms with Gasteiger partial charge in [-0.05, 0) is 12.5 Å². The normalized spacial score (nSPS) is 9.46. The summed E-state index contributed by atoms with van der Waals surface area (Å²) in [6.45, 7) is 1.87. The third kappa shape index (κ3) is 2.39. The van der Waals surface area contributed by atoms with E-state index in [0.717, 1.165) is 16.6 Å². The first kappa shape index (κ1) is 9.93. The van der Waals surface area contributed by atoms with Crippen LogP contribution in [0.1, 0.15) is 5.56 Å². The van der Waals surface area contributed by atoms with Crippen LogP contribution < -0.4 is 10.6 Å². The lowest BCUT2D eigenvalue weighted by Crippen LogP contribution is -2.16. The molecule has 1 atom stereocenters. The van der Waals surface area contributed by atoms with Crippen LogP contribution in [0.4, 0.5) is 10.5 Å². The molecule has 0 radical (unpaired) electrons. The van der Waals surface area contributed by atoms with Gasteiger partial charge in [-0.3, -0.25) is 10.3 Å². The van der Waals surface area contributed by atoms with Gasteiger partial charge in [-0.2, -0.15) is 0 Å². The number of anilines is 1. The van der Waals surface area contributed by atoms with Crippen LogP contribution in [-0.2, 0) is 4.74 Å². The van der Waals surface area contributed by atoms with E-state index in [1.807, 2.05) is 6.92 Å². The number of hydrogen-bond acceptors (Lipinski definition) is 3. The fourth-order valence-electron chi connectivity index (χ4n) is 0.910. The van der Waals surface area contributed by atoms with E-state index in [9.17, 15) is 4.79 Å². The Morgan fingerprint density at radius 3 is 2.85 bits per heavy atom. The quantitative estimate of drug-likeness (QED) is 0.686. The molecule has 0 aromatic carbocycles. The number of amides is 1. The highest BCUT2D eigenvalue weighted by Gasteiger charge is 2.06. The van der Waals surface area contributed by atoms with E-state index in [4.69, 9.17) is 0 Å². The Balaban J connectivity index is 2.93. The summed E-state index contributed by atoms with van der Waals surface area (Å²) >= 11 is 0. The number of aromatic nitrogens is 1. The average molecular weight is 198 g/mol. The highest BCUT2D eigenvalue weighted by Crippen LogP contribution is 2.12. The number of rotatable bonds is 1. The molecule has 0 aliphatic carbocycles. The molecule has 0 bridgehead atoms. The Morgan fingerprint density at radius 1 is 1.62 bits per heavy atom. The number of carbonyl (C=O) groups is 1. The van der Waals surface area contributed by atoms with Crippen molar-refractivity contribution < 1.29 is 9.53 Å². The maximum absolute atomic E-state index is 10.9. The molecule has 0 fully saturated rings. The molecule has 1 aromatic rings. The van der Waals surface area contributed by atoms with Crippen molar-refractivity contribution in [1.82, 2.24) is 4.98 Å². The predicted octanol–water partition coefficient (Wildman–Crippen LogP) is 1.07. The second kappa shape index (κ2) is 4.19. The lowest BCUT2D eigenvalue weighted by molar-refractivity contribution is 0.187. The summed E-state index contributed by atoms with van der Waals surface area (Å²) < 4.78 is 4.48. The predicted molar refractivity (Wildman–Crippen MR) is 54.3 cm³/mol. The van der Waals surface area contributed by atoms with Crippen LogP contribution in [0.2, 0.25) is 0 Å². The van der Waals surface area contributed by atoms with Crippen LogP contribution in [0.25, 0.3) is 0 Å². The van der Waals surface area contributed by atoms with Crippen LogP contribution in [0.3, 0.4) is 0 Å². The first-order valence-corrected chi connectivity index (χ1v) is 4.28. The lowest BCUT2D eigenvalue weighted by Gasteiger charge is -2.08. The van der Waals surface area contributed by atoms with Gasteiger partial charge in [-0.15, -0.1) is 9.24 Å². The van der Waals surface area contributed by atoms with Crippen molar-refractivity contribution in [3.63, 3.8) is 0 Å². The molecule has 1 aromatic heterocycles. The zero-order chi connectivity index (χ0) is 9.84. The number of hydrogen-bond donors (Lipinski definition) is 1. The van der Waals surface area contributed by atoms with Crippen molar-refractivity contribution in [2.75, 3.05) is 12.4 Å². The first-order valence-electron chi connectivity index (χ1n) is 3.70. The summed E-state index contributed by atoms with van der Waals surface area (Å²) in [6.07, 6.45) is 2.86. The number of methoxy groups -OCH3 is 1. The molecule has 1 rings (SSSR count). The average Bonchev–Trinajstić information content (AvgIpc) is 2.11.